The van der Waals surface area contributed by atoms with Crippen LogP contribution in [0.2, 0.25) is 5.02 Å². The molecule has 0 spiro atoms. The zero-order valence-corrected chi connectivity index (χ0v) is 11.9. The molecule has 0 radical (unpaired) electrons. The van der Waals surface area contributed by atoms with Crippen molar-refractivity contribution in [2.45, 2.75) is 0 Å². The Hall–Kier alpha value is 1.70. The van der Waals surface area contributed by atoms with E-state index in [1.54, 1.807) is 0 Å². The number of hydrogen-bond donors (Lipinski definition) is 0. The summed E-state index contributed by atoms with van der Waals surface area (Å²) in [4.78, 5) is 0. The van der Waals surface area contributed by atoms with E-state index in [4.69, 9.17) is 11.6 Å². The largest absolute Gasteiger partial charge is 0.0831 e. The molecule has 0 bridgehead atoms. The molecular formula is C6H2ClI3. The molecule has 0 amide bonds. The minimum atomic E-state index is 0.844. The second kappa shape index (κ2) is 4.08. The van der Waals surface area contributed by atoms with E-state index in [-0.39, 0.29) is 0 Å². The van der Waals surface area contributed by atoms with Gasteiger partial charge in [0.2, 0.25) is 0 Å². The van der Waals surface area contributed by atoms with E-state index in [1.165, 1.54) is 7.14 Å². The minimum Gasteiger partial charge on any atom is -0.0831 e. The summed E-state index contributed by atoms with van der Waals surface area (Å²) in [7, 11) is 0. The molecule has 1 aromatic rings. The second-order valence-corrected chi connectivity index (χ2v) is 5.58. The molecule has 1 rings (SSSR count). The third kappa shape index (κ3) is 2.34. The van der Waals surface area contributed by atoms with Gasteiger partial charge in [-0.3, -0.25) is 0 Å². The lowest BCUT2D eigenvalue weighted by molar-refractivity contribution is 1.54. The third-order valence-corrected chi connectivity index (χ3v) is 5.23. The normalized spacial score (nSPS) is 10.0. The summed E-state index contributed by atoms with van der Waals surface area (Å²) in [6.45, 7) is 0. The van der Waals surface area contributed by atoms with Crippen molar-refractivity contribution in [1.29, 1.82) is 0 Å². The Morgan fingerprint density at radius 3 is 2.20 bits per heavy atom. The average Bonchev–Trinajstić information content (AvgIpc) is 1.82. The molecule has 54 valence electrons. The Bertz CT molecular complexity index is 236. The van der Waals surface area contributed by atoms with Crippen LogP contribution < -0.4 is 0 Å². The van der Waals surface area contributed by atoms with Crippen molar-refractivity contribution in [2.75, 3.05) is 0 Å². The summed E-state index contributed by atoms with van der Waals surface area (Å²) in [5.74, 6) is 0. The first kappa shape index (κ1) is 9.79. The number of rotatable bonds is 0. The van der Waals surface area contributed by atoms with E-state index in [2.05, 4.69) is 73.8 Å². The molecule has 0 saturated carbocycles. The Balaban J connectivity index is 3.31. The van der Waals surface area contributed by atoms with Crippen LogP contribution in [0.5, 0.6) is 0 Å². The van der Waals surface area contributed by atoms with E-state index in [9.17, 15) is 0 Å². The van der Waals surface area contributed by atoms with Crippen molar-refractivity contribution in [3.8, 4) is 0 Å². The molecule has 4 heteroatoms. The maximum absolute atomic E-state index is 5.90. The van der Waals surface area contributed by atoms with Crippen molar-refractivity contribution >= 4 is 79.4 Å². The zero-order valence-electron chi connectivity index (χ0n) is 4.67. The quantitative estimate of drug-likeness (QED) is 0.291. The van der Waals surface area contributed by atoms with Crippen LogP contribution in [0.1, 0.15) is 0 Å². The van der Waals surface area contributed by atoms with Gasteiger partial charge in [0.1, 0.15) is 0 Å². The van der Waals surface area contributed by atoms with Gasteiger partial charge in [-0.15, -0.1) is 0 Å². The van der Waals surface area contributed by atoms with Crippen LogP contribution in [0.15, 0.2) is 12.1 Å². The summed E-state index contributed by atoms with van der Waals surface area (Å²) >= 11 is 12.7. The molecule has 0 aliphatic heterocycles. The highest BCUT2D eigenvalue weighted by molar-refractivity contribution is 14.1. The van der Waals surface area contributed by atoms with Crippen molar-refractivity contribution in [3.05, 3.63) is 27.9 Å². The Morgan fingerprint density at radius 1 is 1.10 bits per heavy atom. The van der Waals surface area contributed by atoms with Crippen molar-refractivity contribution in [3.63, 3.8) is 0 Å². The van der Waals surface area contributed by atoms with Gasteiger partial charge in [0, 0.05) is 10.7 Å². The monoisotopic (exact) mass is 490 g/mol. The Morgan fingerprint density at radius 2 is 1.70 bits per heavy atom. The number of halogens is 4. The van der Waals surface area contributed by atoms with Gasteiger partial charge in [-0.25, -0.2) is 0 Å². The fraction of sp³-hybridized carbons (Fsp3) is 0. The number of hydrogen-bond acceptors (Lipinski definition) is 0. The fourth-order valence-corrected chi connectivity index (χ4v) is 3.24. The summed E-state index contributed by atoms with van der Waals surface area (Å²) in [5, 5.41) is 0.844. The van der Waals surface area contributed by atoms with Gasteiger partial charge in [0.05, 0.1) is 5.02 Å². The molecule has 0 unspecified atom stereocenters. The summed E-state index contributed by atoms with van der Waals surface area (Å²) < 4.78 is 3.54. The Labute approximate surface area is 106 Å². The molecular weight excluding hydrogens is 488 g/mol. The lowest BCUT2D eigenvalue weighted by atomic mass is 10.4. The first-order valence-electron chi connectivity index (χ1n) is 2.41. The summed E-state index contributed by atoms with van der Waals surface area (Å²) in [6.07, 6.45) is 0. The van der Waals surface area contributed by atoms with Gasteiger partial charge < -0.3 is 0 Å². The molecule has 0 heterocycles. The van der Waals surface area contributed by atoms with E-state index in [0.717, 1.165) is 8.59 Å². The zero-order chi connectivity index (χ0) is 7.72. The van der Waals surface area contributed by atoms with Crippen LogP contribution in [0.25, 0.3) is 0 Å². The van der Waals surface area contributed by atoms with Gasteiger partial charge in [0.25, 0.3) is 0 Å². The molecule has 0 aliphatic rings. The highest BCUT2D eigenvalue weighted by atomic mass is 127. The van der Waals surface area contributed by atoms with E-state index >= 15 is 0 Å². The van der Waals surface area contributed by atoms with Gasteiger partial charge in [-0.1, -0.05) is 11.6 Å². The molecule has 0 saturated heterocycles. The van der Waals surface area contributed by atoms with Crippen LogP contribution in [-0.4, -0.2) is 0 Å². The second-order valence-electron chi connectivity index (χ2n) is 1.68. The maximum atomic E-state index is 5.90. The van der Waals surface area contributed by atoms with Crippen molar-refractivity contribution < 1.29 is 0 Å². The molecule has 0 nitrogen and oxygen atoms in total. The summed E-state index contributed by atoms with van der Waals surface area (Å²) in [5.41, 5.74) is 0. The van der Waals surface area contributed by atoms with E-state index in [1.807, 2.05) is 6.07 Å². The van der Waals surface area contributed by atoms with Crippen molar-refractivity contribution in [2.24, 2.45) is 0 Å². The molecule has 1 aromatic carbocycles. The molecule has 0 aliphatic carbocycles. The number of benzene rings is 1. The van der Waals surface area contributed by atoms with E-state index in [0.29, 0.717) is 0 Å². The lowest BCUT2D eigenvalue weighted by Crippen LogP contribution is -1.82. The highest BCUT2D eigenvalue weighted by Crippen LogP contribution is 2.25. The van der Waals surface area contributed by atoms with Crippen LogP contribution in [-0.2, 0) is 0 Å². The molecule has 10 heavy (non-hydrogen) atoms. The topological polar surface area (TPSA) is 0 Å². The predicted octanol–water partition coefficient (Wildman–Crippen LogP) is 4.15. The fourth-order valence-electron chi connectivity index (χ4n) is 0.525. The third-order valence-electron chi connectivity index (χ3n) is 0.949. The highest BCUT2D eigenvalue weighted by Gasteiger charge is 2.01. The van der Waals surface area contributed by atoms with E-state index < -0.39 is 0 Å². The molecule has 0 aromatic heterocycles. The van der Waals surface area contributed by atoms with Crippen LogP contribution in [0.3, 0.4) is 0 Å². The molecule has 0 fully saturated rings. The molecule has 0 atom stereocenters. The summed E-state index contributed by atoms with van der Waals surface area (Å²) in [6, 6.07) is 4.07. The van der Waals surface area contributed by atoms with Crippen LogP contribution in [0.4, 0.5) is 0 Å². The van der Waals surface area contributed by atoms with Gasteiger partial charge >= 0.3 is 0 Å². The minimum absolute atomic E-state index is 0.844. The van der Waals surface area contributed by atoms with Crippen molar-refractivity contribution in [1.82, 2.24) is 0 Å². The Kier molecular flexibility index (Phi) is 4.00. The van der Waals surface area contributed by atoms with Gasteiger partial charge in [0.15, 0.2) is 0 Å². The first-order valence-corrected chi connectivity index (χ1v) is 6.02. The van der Waals surface area contributed by atoms with Crippen LogP contribution in [0, 0.1) is 10.7 Å². The maximum Gasteiger partial charge on any atom is 0.0560 e. The smallest absolute Gasteiger partial charge is 0.0560 e. The van der Waals surface area contributed by atoms with Gasteiger partial charge in [-0.2, -0.15) is 0 Å². The SMILES string of the molecule is Clc1cc(I)cc(I)c1I. The standard InChI is InChI=1S/C6H2ClI3/c7-4-1-3(8)2-5(9)6(4)10/h1-2H. The lowest BCUT2D eigenvalue weighted by Gasteiger charge is -1.99. The van der Waals surface area contributed by atoms with Gasteiger partial charge in [-0.05, 0) is 79.9 Å². The average molecular weight is 490 g/mol. The first-order chi connectivity index (χ1) is 4.61. The predicted molar refractivity (Wildman–Crippen MR) is 69.6 cm³/mol. The molecule has 0 N–H and O–H groups in total. The van der Waals surface area contributed by atoms with Crippen LogP contribution >= 0.6 is 79.4 Å².